The van der Waals surface area contributed by atoms with Gasteiger partial charge in [0.25, 0.3) is 0 Å². The molecule has 0 aliphatic heterocycles. The van der Waals surface area contributed by atoms with Crippen LogP contribution in [0.15, 0.2) is 30.6 Å². The summed E-state index contributed by atoms with van der Waals surface area (Å²) in [6.07, 6.45) is 4.02. The predicted molar refractivity (Wildman–Crippen MR) is 86.4 cm³/mol. The van der Waals surface area contributed by atoms with Crippen molar-refractivity contribution in [1.29, 1.82) is 0 Å². The second-order valence-corrected chi connectivity index (χ2v) is 6.23. The van der Waals surface area contributed by atoms with Crippen molar-refractivity contribution in [2.75, 3.05) is 18.4 Å². The average Bonchev–Trinajstić information content (AvgIpc) is 2.87. The lowest BCUT2D eigenvalue weighted by atomic mass is 10.1. The summed E-state index contributed by atoms with van der Waals surface area (Å²) in [7, 11) is 0. The van der Waals surface area contributed by atoms with E-state index >= 15 is 0 Å². The number of anilines is 1. The molecule has 0 amide bonds. The van der Waals surface area contributed by atoms with E-state index in [2.05, 4.69) is 47.7 Å². The van der Waals surface area contributed by atoms with Gasteiger partial charge in [-0.1, -0.05) is 6.07 Å². The highest BCUT2D eigenvalue weighted by Crippen LogP contribution is 2.12. The molecule has 5 heteroatoms. The van der Waals surface area contributed by atoms with Crippen molar-refractivity contribution in [1.82, 2.24) is 20.1 Å². The summed E-state index contributed by atoms with van der Waals surface area (Å²) in [6, 6.07) is 6.00. The first-order valence-electron chi connectivity index (χ1n) is 7.37. The zero-order valence-electron chi connectivity index (χ0n) is 13.3. The molecule has 21 heavy (non-hydrogen) atoms. The number of aromatic nitrogens is 3. The number of hydrogen-bond donors (Lipinski definition) is 2. The highest BCUT2D eigenvalue weighted by Gasteiger charge is 2.13. The van der Waals surface area contributed by atoms with Gasteiger partial charge in [-0.2, -0.15) is 5.10 Å². The fraction of sp³-hybridized carbons (Fsp3) is 0.500. The van der Waals surface area contributed by atoms with Crippen LogP contribution in [0, 0.1) is 6.92 Å². The van der Waals surface area contributed by atoms with Gasteiger partial charge in [0.1, 0.15) is 5.82 Å². The maximum Gasteiger partial charge on any atom is 0.126 e. The minimum atomic E-state index is 0.0383. The fourth-order valence-electron chi connectivity index (χ4n) is 1.97. The van der Waals surface area contributed by atoms with Crippen LogP contribution >= 0.6 is 0 Å². The lowest BCUT2D eigenvalue weighted by Gasteiger charge is -2.18. The van der Waals surface area contributed by atoms with Gasteiger partial charge in [0.05, 0.1) is 11.7 Å². The number of rotatable bonds is 6. The number of nitrogens with zero attached hydrogens (tertiary/aromatic N) is 3. The van der Waals surface area contributed by atoms with E-state index in [9.17, 15) is 0 Å². The maximum atomic E-state index is 4.41. The van der Waals surface area contributed by atoms with Gasteiger partial charge in [-0.25, -0.2) is 4.98 Å². The van der Waals surface area contributed by atoms with E-state index < -0.39 is 0 Å². The standard InChI is InChI=1S/C16H25N5/c1-13-6-5-7-15(20-13)18-9-8-17-10-14-11-19-21(12-14)16(2,3)4/h5-7,11-12,17H,8-10H2,1-4H3,(H,18,20). The first kappa shape index (κ1) is 15.5. The van der Waals surface area contributed by atoms with Gasteiger partial charge < -0.3 is 10.6 Å². The van der Waals surface area contributed by atoms with Crippen LogP contribution in [0.2, 0.25) is 0 Å². The van der Waals surface area contributed by atoms with Crippen LogP contribution in [-0.4, -0.2) is 27.9 Å². The Morgan fingerprint density at radius 2 is 2.00 bits per heavy atom. The SMILES string of the molecule is Cc1cccc(NCCNCc2cnn(C(C)(C)C)c2)n1. The van der Waals surface area contributed by atoms with Gasteiger partial charge in [0, 0.05) is 37.1 Å². The zero-order valence-corrected chi connectivity index (χ0v) is 13.3. The molecule has 0 saturated heterocycles. The normalized spacial score (nSPS) is 11.6. The molecule has 0 aliphatic rings. The first-order chi connectivity index (χ1) is 9.95. The Hall–Kier alpha value is -1.88. The van der Waals surface area contributed by atoms with E-state index in [1.165, 1.54) is 5.56 Å². The zero-order chi connectivity index (χ0) is 15.3. The molecule has 2 aromatic heterocycles. The minimum Gasteiger partial charge on any atom is -0.369 e. The molecule has 2 N–H and O–H groups in total. The Bertz CT molecular complexity index is 568. The summed E-state index contributed by atoms with van der Waals surface area (Å²) in [4.78, 5) is 4.41. The topological polar surface area (TPSA) is 54.8 Å². The van der Waals surface area contributed by atoms with Crippen LogP contribution in [-0.2, 0) is 12.1 Å². The van der Waals surface area contributed by atoms with Crippen molar-refractivity contribution in [3.8, 4) is 0 Å². The van der Waals surface area contributed by atoms with Crippen LogP contribution in [0.25, 0.3) is 0 Å². The van der Waals surface area contributed by atoms with Gasteiger partial charge in [0.15, 0.2) is 0 Å². The summed E-state index contributed by atoms with van der Waals surface area (Å²) in [6.45, 7) is 11.0. The highest BCUT2D eigenvalue weighted by atomic mass is 15.3. The largest absolute Gasteiger partial charge is 0.369 e. The Balaban J connectivity index is 1.69. The smallest absolute Gasteiger partial charge is 0.126 e. The Kier molecular flexibility index (Phi) is 4.96. The van der Waals surface area contributed by atoms with E-state index in [-0.39, 0.29) is 5.54 Å². The summed E-state index contributed by atoms with van der Waals surface area (Å²) in [5, 5.41) is 11.1. The molecule has 114 valence electrons. The van der Waals surface area contributed by atoms with Crippen LogP contribution in [0.3, 0.4) is 0 Å². The van der Waals surface area contributed by atoms with E-state index in [0.29, 0.717) is 0 Å². The molecule has 0 spiro atoms. The molecule has 0 atom stereocenters. The molecule has 0 fully saturated rings. The molecule has 0 aliphatic carbocycles. The summed E-state index contributed by atoms with van der Waals surface area (Å²) >= 11 is 0. The third-order valence-electron chi connectivity index (χ3n) is 3.15. The quantitative estimate of drug-likeness (QED) is 0.802. The molecule has 0 aromatic carbocycles. The van der Waals surface area contributed by atoms with Gasteiger partial charge >= 0.3 is 0 Å². The molecule has 0 radical (unpaired) electrons. The van der Waals surface area contributed by atoms with Crippen LogP contribution < -0.4 is 10.6 Å². The second-order valence-electron chi connectivity index (χ2n) is 6.23. The monoisotopic (exact) mass is 287 g/mol. The van der Waals surface area contributed by atoms with E-state index in [1.807, 2.05) is 36.0 Å². The predicted octanol–water partition coefficient (Wildman–Crippen LogP) is 2.54. The van der Waals surface area contributed by atoms with Crippen molar-refractivity contribution in [3.05, 3.63) is 41.9 Å². The summed E-state index contributed by atoms with van der Waals surface area (Å²) in [5.41, 5.74) is 2.28. The lowest BCUT2D eigenvalue weighted by Crippen LogP contribution is -2.23. The van der Waals surface area contributed by atoms with Crippen LogP contribution in [0.4, 0.5) is 5.82 Å². The van der Waals surface area contributed by atoms with E-state index in [1.54, 1.807) is 0 Å². The van der Waals surface area contributed by atoms with Crippen molar-refractivity contribution >= 4 is 5.82 Å². The minimum absolute atomic E-state index is 0.0383. The lowest BCUT2D eigenvalue weighted by molar-refractivity contribution is 0.355. The first-order valence-corrected chi connectivity index (χ1v) is 7.37. The third kappa shape index (κ3) is 4.86. The van der Waals surface area contributed by atoms with E-state index in [4.69, 9.17) is 0 Å². The molecular formula is C16H25N5. The Morgan fingerprint density at radius 3 is 2.67 bits per heavy atom. The van der Waals surface area contributed by atoms with Gasteiger partial charge in [0.2, 0.25) is 0 Å². The van der Waals surface area contributed by atoms with Crippen molar-refractivity contribution in [2.24, 2.45) is 0 Å². The third-order valence-corrected chi connectivity index (χ3v) is 3.15. The highest BCUT2D eigenvalue weighted by molar-refractivity contribution is 5.34. The number of pyridine rings is 1. The second kappa shape index (κ2) is 6.72. The van der Waals surface area contributed by atoms with Crippen LogP contribution in [0.5, 0.6) is 0 Å². The number of aryl methyl sites for hydroxylation is 1. The molecule has 0 bridgehead atoms. The van der Waals surface area contributed by atoms with Crippen molar-refractivity contribution < 1.29 is 0 Å². The molecular weight excluding hydrogens is 262 g/mol. The number of hydrogen-bond acceptors (Lipinski definition) is 4. The molecule has 0 unspecified atom stereocenters. The molecule has 0 saturated carbocycles. The average molecular weight is 287 g/mol. The summed E-state index contributed by atoms with van der Waals surface area (Å²) < 4.78 is 2.00. The van der Waals surface area contributed by atoms with Gasteiger partial charge in [-0.3, -0.25) is 4.68 Å². The molecule has 2 heterocycles. The molecule has 5 nitrogen and oxygen atoms in total. The Labute approximate surface area is 126 Å². The van der Waals surface area contributed by atoms with E-state index in [0.717, 1.165) is 31.1 Å². The van der Waals surface area contributed by atoms with Crippen molar-refractivity contribution in [2.45, 2.75) is 39.8 Å². The number of nitrogens with one attached hydrogen (secondary N) is 2. The Morgan fingerprint density at radius 1 is 1.19 bits per heavy atom. The fourth-order valence-corrected chi connectivity index (χ4v) is 1.97. The van der Waals surface area contributed by atoms with Crippen LogP contribution in [0.1, 0.15) is 32.0 Å². The van der Waals surface area contributed by atoms with Gasteiger partial charge in [-0.05, 0) is 39.8 Å². The van der Waals surface area contributed by atoms with Crippen molar-refractivity contribution in [3.63, 3.8) is 0 Å². The van der Waals surface area contributed by atoms with Gasteiger partial charge in [-0.15, -0.1) is 0 Å². The summed E-state index contributed by atoms with van der Waals surface area (Å²) in [5.74, 6) is 0.928. The molecule has 2 aromatic rings. The maximum absolute atomic E-state index is 4.41. The molecule has 2 rings (SSSR count).